The summed E-state index contributed by atoms with van der Waals surface area (Å²) in [5.41, 5.74) is 0. The van der Waals surface area contributed by atoms with Gasteiger partial charge in [0.1, 0.15) is 6.61 Å². The number of halogens is 3. The van der Waals surface area contributed by atoms with E-state index in [0.29, 0.717) is 18.4 Å². The molecule has 98 valence electrons. The van der Waals surface area contributed by atoms with Crippen molar-refractivity contribution in [3.8, 4) is 0 Å². The molecule has 0 saturated carbocycles. The lowest BCUT2D eigenvalue weighted by Crippen LogP contribution is -2.34. The Morgan fingerprint density at radius 1 is 1.25 bits per heavy atom. The molecule has 0 aliphatic heterocycles. The minimum atomic E-state index is -4.21. The van der Waals surface area contributed by atoms with E-state index < -0.39 is 12.8 Å². The van der Waals surface area contributed by atoms with Crippen LogP contribution >= 0.6 is 0 Å². The van der Waals surface area contributed by atoms with Gasteiger partial charge in [-0.25, -0.2) is 0 Å². The quantitative estimate of drug-likeness (QED) is 0.660. The lowest BCUT2D eigenvalue weighted by molar-refractivity contribution is -0.174. The van der Waals surface area contributed by atoms with E-state index in [1.807, 2.05) is 13.8 Å². The minimum Gasteiger partial charge on any atom is -0.372 e. The zero-order valence-electron chi connectivity index (χ0n) is 10.2. The van der Waals surface area contributed by atoms with Crippen LogP contribution in [0.3, 0.4) is 0 Å². The van der Waals surface area contributed by atoms with E-state index >= 15 is 0 Å². The van der Waals surface area contributed by atoms with Crippen LogP contribution in [0.4, 0.5) is 13.2 Å². The third-order valence-electron chi connectivity index (χ3n) is 2.58. The molecule has 2 atom stereocenters. The number of hydrogen-bond acceptors (Lipinski definition) is 2. The fourth-order valence-electron chi connectivity index (χ4n) is 1.67. The molecule has 0 fully saturated rings. The van der Waals surface area contributed by atoms with E-state index in [2.05, 4.69) is 17.0 Å². The van der Waals surface area contributed by atoms with E-state index in [0.717, 1.165) is 13.0 Å². The van der Waals surface area contributed by atoms with Crippen molar-refractivity contribution >= 4 is 0 Å². The lowest BCUT2D eigenvalue weighted by atomic mass is 9.96. The average Bonchev–Trinajstić information content (AvgIpc) is 2.19. The molecule has 0 radical (unpaired) electrons. The zero-order chi connectivity index (χ0) is 12.6. The molecule has 0 saturated heterocycles. The number of rotatable bonds is 8. The normalized spacial score (nSPS) is 16.1. The molecule has 0 spiro atoms. The third kappa shape index (κ3) is 7.93. The van der Waals surface area contributed by atoms with Crippen LogP contribution in [-0.4, -0.2) is 32.0 Å². The second-order valence-electron chi connectivity index (χ2n) is 4.01. The molecule has 0 aromatic rings. The van der Waals surface area contributed by atoms with Gasteiger partial charge in [0.05, 0.1) is 0 Å². The van der Waals surface area contributed by atoms with E-state index in [-0.39, 0.29) is 6.61 Å². The maximum Gasteiger partial charge on any atom is 0.411 e. The predicted molar refractivity (Wildman–Crippen MR) is 58.4 cm³/mol. The van der Waals surface area contributed by atoms with E-state index in [4.69, 9.17) is 0 Å². The Balaban J connectivity index is 3.66. The van der Waals surface area contributed by atoms with Gasteiger partial charge in [0.15, 0.2) is 0 Å². The molecule has 0 bridgehead atoms. The second-order valence-corrected chi connectivity index (χ2v) is 4.01. The summed E-state index contributed by atoms with van der Waals surface area (Å²) in [6, 6.07) is 0.361. The van der Waals surface area contributed by atoms with Crippen LogP contribution < -0.4 is 5.32 Å². The number of ether oxygens (including phenoxy) is 1. The smallest absolute Gasteiger partial charge is 0.372 e. The average molecular weight is 241 g/mol. The summed E-state index contributed by atoms with van der Waals surface area (Å²) in [5.74, 6) is 0.332. The van der Waals surface area contributed by atoms with Gasteiger partial charge in [-0.15, -0.1) is 0 Å². The van der Waals surface area contributed by atoms with Crippen LogP contribution in [0.1, 0.15) is 33.6 Å². The number of alkyl halides is 3. The molecular formula is C11H22F3NO. The first kappa shape index (κ1) is 15.7. The largest absolute Gasteiger partial charge is 0.411 e. The van der Waals surface area contributed by atoms with Gasteiger partial charge in [0.2, 0.25) is 0 Å². The molecule has 0 amide bonds. The molecular weight excluding hydrogens is 219 g/mol. The first-order valence-corrected chi connectivity index (χ1v) is 5.78. The molecule has 2 unspecified atom stereocenters. The molecule has 0 heterocycles. The second kappa shape index (κ2) is 7.90. The summed E-state index contributed by atoms with van der Waals surface area (Å²) < 4.78 is 40.0. The van der Waals surface area contributed by atoms with Crippen LogP contribution in [0.25, 0.3) is 0 Å². The first-order chi connectivity index (χ1) is 7.40. The van der Waals surface area contributed by atoms with E-state index in [1.54, 1.807) is 0 Å². The van der Waals surface area contributed by atoms with Crippen molar-refractivity contribution in [3.05, 3.63) is 0 Å². The lowest BCUT2D eigenvalue weighted by Gasteiger charge is -2.23. The highest BCUT2D eigenvalue weighted by molar-refractivity contribution is 4.71. The minimum absolute atomic E-state index is 0.169. The highest BCUT2D eigenvalue weighted by atomic mass is 19.4. The standard InChI is InChI=1S/C11H22F3NO/c1-4-10(15-5-2)9(3)6-7-16-8-11(12,13)14/h9-10,15H,4-8H2,1-3H3. The number of hydrogen-bond donors (Lipinski definition) is 1. The maximum atomic E-state index is 11.8. The summed E-state index contributed by atoms with van der Waals surface area (Å²) in [5, 5.41) is 3.31. The summed E-state index contributed by atoms with van der Waals surface area (Å²) in [7, 11) is 0. The monoisotopic (exact) mass is 241 g/mol. The topological polar surface area (TPSA) is 21.3 Å². The van der Waals surface area contributed by atoms with Gasteiger partial charge < -0.3 is 10.1 Å². The van der Waals surface area contributed by atoms with Gasteiger partial charge >= 0.3 is 6.18 Å². The van der Waals surface area contributed by atoms with Gasteiger partial charge in [-0.1, -0.05) is 20.8 Å². The SMILES string of the molecule is CCNC(CC)C(C)CCOCC(F)(F)F. The fourth-order valence-corrected chi connectivity index (χ4v) is 1.67. The van der Waals surface area contributed by atoms with Crippen molar-refractivity contribution in [1.29, 1.82) is 0 Å². The van der Waals surface area contributed by atoms with Crippen LogP contribution in [0, 0.1) is 5.92 Å². The van der Waals surface area contributed by atoms with Gasteiger partial charge in [0, 0.05) is 12.6 Å². The number of nitrogens with one attached hydrogen (secondary N) is 1. The maximum absolute atomic E-state index is 11.8. The summed E-state index contributed by atoms with van der Waals surface area (Å²) in [4.78, 5) is 0. The van der Waals surface area contributed by atoms with Crippen molar-refractivity contribution < 1.29 is 17.9 Å². The van der Waals surface area contributed by atoms with E-state index in [9.17, 15) is 13.2 Å². The Morgan fingerprint density at radius 2 is 1.88 bits per heavy atom. The molecule has 0 aliphatic carbocycles. The Labute approximate surface area is 95.5 Å². The van der Waals surface area contributed by atoms with Crippen molar-refractivity contribution in [2.75, 3.05) is 19.8 Å². The Morgan fingerprint density at radius 3 is 2.31 bits per heavy atom. The van der Waals surface area contributed by atoms with E-state index in [1.165, 1.54) is 0 Å². The Hall–Kier alpha value is -0.290. The molecule has 16 heavy (non-hydrogen) atoms. The van der Waals surface area contributed by atoms with Crippen molar-refractivity contribution in [2.24, 2.45) is 5.92 Å². The molecule has 0 aliphatic rings. The Kier molecular flexibility index (Phi) is 7.76. The molecule has 2 nitrogen and oxygen atoms in total. The molecule has 0 rings (SSSR count). The molecule has 0 aromatic carbocycles. The fraction of sp³-hybridized carbons (Fsp3) is 1.00. The van der Waals surface area contributed by atoms with Gasteiger partial charge in [-0.05, 0) is 25.3 Å². The third-order valence-corrected chi connectivity index (χ3v) is 2.58. The molecule has 5 heteroatoms. The van der Waals surface area contributed by atoms with Crippen molar-refractivity contribution in [3.63, 3.8) is 0 Å². The first-order valence-electron chi connectivity index (χ1n) is 5.78. The van der Waals surface area contributed by atoms with Gasteiger partial charge in [-0.3, -0.25) is 0 Å². The summed E-state index contributed by atoms with van der Waals surface area (Å²) >= 11 is 0. The van der Waals surface area contributed by atoms with Crippen molar-refractivity contribution in [1.82, 2.24) is 5.32 Å². The van der Waals surface area contributed by atoms with Crippen molar-refractivity contribution in [2.45, 2.75) is 45.8 Å². The molecule has 1 N–H and O–H groups in total. The summed E-state index contributed by atoms with van der Waals surface area (Å²) in [6.07, 6.45) is -2.58. The van der Waals surface area contributed by atoms with Gasteiger partial charge in [0.25, 0.3) is 0 Å². The zero-order valence-corrected chi connectivity index (χ0v) is 10.2. The van der Waals surface area contributed by atoms with Crippen LogP contribution in [0.5, 0.6) is 0 Å². The van der Waals surface area contributed by atoms with Crippen LogP contribution in [0.2, 0.25) is 0 Å². The molecule has 0 aromatic heterocycles. The predicted octanol–water partition coefficient (Wildman–Crippen LogP) is 2.98. The summed E-state index contributed by atoms with van der Waals surface area (Å²) in [6.45, 7) is 6.04. The van der Waals surface area contributed by atoms with Crippen LogP contribution in [-0.2, 0) is 4.74 Å². The Bertz CT molecular complexity index is 173. The van der Waals surface area contributed by atoms with Gasteiger partial charge in [-0.2, -0.15) is 13.2 Å². The van der Waals surface area contributed by atoms with Crippen LogP contribution in [0.15, 0.2) is 0 Å². The highest BCUT2D eigenvalue weighted by Crippen LogP contribution is 2.16. The highest BCUT2D eigenvalue weighted by Gasteiger charge is 2.27.